The summed E-state index contributed by atoms with van der Waals surface area (Å²) in [6.07, 6.45) is 0.106. The number of carbonyl (C=O) groups excluding carboxylic acids is 1. The predicted octanol–water partition coefficient (Wildman–Crippen LogP) is 2.22. The second kappa shape index (κ2) is 5.10. The maximum atomic E-state index is 12.3. The minimum atomic E-state index is 0.0588. The molecular weight excluding hydrogens is 234 g/mol. The molecule has 0 radical (unpaired) electrons. The number of morpholine rings is 1. The molecule has 0 aromatic heterocycles. The number of hydrogen-bond donors (Lipinski definition) is 1. The fraction of sp³-hybridized carbons (Fsp3) is 0.462. The molecule has 2 unspecified atom stereocenters. The lowest BCUT2D eigenvalue weighted by atomic mass is 10.1. The van der Waals surface area contributed by atoms with Crippen LogP contribution < -0.4 is 0 Å². The zero-order valence-corrected chi connectivity index (χ0v) is 11.0. The van der Waals surface area contributed by atoms with Gasteiger partial charge in [-0.05, 0) is 32.0 Å². The Morgan fingerprint density at radius 1 is 1.47 bits per heavy atom. The van der Waals surface area contributed by atoms with Gasteiger partial charge >= 0.3 is 0 Å². The Morgan fingerprint density at radius 3 is 2.94 bits per heavy atom. The molecule has 92 valence electrons. The first-order chi connectivity index (χ1) is 8.08. The normalized spacial score (nSPS) is 24.8. The summed E-state index contributed by atoms with van der Waals surface area (Å²) in [4.78, 5) is 15.0. The van der Waals surface area contributed by atoms with Gasteiger partial charge in [-0.25, -0.2) is 0 Å². The smallest absolute Gasteiger partial charge is 0.254 e. The lowest BCUT2D eigenvalue weighted by molar-refractivity contribution is -0.0387. The minimum Gasteiger partial charge on any atom is -0.375 e. The fourth-order valence-corrected chi connectivity index (χ4v) is 2.22. The van der Waals surface area contributed by atoms with Gasteiger partial charge in [0, 0.05) is 17.0 Å². The number of ether oxygens (including phenoxy) is 1. The SMILES string of the molecule is CC1CN(C(=O)c2cccc(S)c2)C(C)CO1. The molecule has 0 saturated carbocycles. The number of rotatable bonds is 1. The maximum Gasteiger partial charge on any atom is 0.254 e. The van der Waals surface area contributed by atoms with Crippen LogP contribution in [-0.2, 0) is 4.74 Å². The Labute approximate surface area is 107 Å². The van der Waals surface area contributed by atoms with Gasteiger partial charge in [-0.2, -0.15) is 0 Å². The van der Waals surface area contributed by atoms with E-state index in [0.717, 1.165) is 4.90 Å². The van der Waals surface area contributed by atoms with Crippen molar-refractivity contribution < 1.29 is 9.53 Å². The number of hydrogen-bond acceptors (Lipinski definition) is 3. The van der Waals surface area contributed by atoms with Crippen molar-refractivity contribution in [1.82, 2.24) is 4.90 Å². The first-order valence-electron chi connectivity index (χ1n) is 5.79. The minimum absolute atomic E-state index is 0.0588. The molecule has 1 fully saturated rings. The Hall–Kier alpha value is -1.00. The summed E-state index contributed by atoms with van der Waals surface area (Å²) in [6, 6.07) is 7.48. The Bertz CT molecular complexity index is 422. The van der Waals surface area contributed by atoms with Crippen LogP contribution in [0.1, 0.15) is 24.2 Å². The van der Waals surface area contributed by atoms with Crippen LogP contribution in [0.3, 0.4) is 0 Å². The standard InChI is InChI=1S/C13H17NO2S/c1-9-8-16-10(2)7-14(9)13(15)11-4-3-5-12(17)6-11/h3-6,9-10,17H,7-8H2,1-2H3. The third-order valence-electron chi connectivity index (χ3n) is 2.96. The molecule has 0 spiro atoms. The quantitative estimate of drug-likeness (QED) is 0.776. The van der Waals surface area contributed by atoms with Crippen LogP contribution in [-0.4, -0.2) is 36.1 Å². The molecule has 1 heterocycles. The topological polar surface area (TPSA) is 29.5 Å². The molecule has 17 heavy (non-hydrogen) atoms. The van der Waals surface area contributed by atoms with Crippen molar-refractivity contribution in [3.63, 3.8) is 0 Å². The second-order valence-corrected chi connectivity index (χ2v) is 5.02. The molecule has 3 nitrogen and oxygen atoms in total. The van der Waals surface area contributed by atoms with E-state index in [-0.39, 0.29) is 18.1 Å². The highest BCUT2D eigenvalue weighted by Crippen LogP contribution is 2.17. The van der Waals surface area contributed by atoms with Crippen LogP contribution in [0.2, 0.25) is 0 Å². The van der Waals surface area contributed by atoms with Crippen molar-refractivity contribution in [2.45, 2.75) is 30.9 Å². The zero-order chi connectivity index (χ0) is 12.4. The number of nitrogens with zero attached hydrogens (tertiary/aromatic N) is 1. The van der Waals surface area contributed by atoms with Crippen LogP contribution in [0.5, 0.6) is 0 Å². The third kappa shape index (κ3) is 2.82. The highest BCUT2D eigenvalue weighted by atomic mass is 32.1. The molecule has 2 atom stereocenters. The number of benzene rings is 1. The van der Waals surface area contributed by atoms with Gasteiger partial charge in [-0.1, -0.05) is 6.07 Å². The van der Waals surface area contributed by atoms with Crippen LogP contribution in [0.25, 0.3) is 0 Å². The molecule has 1 amide bonds. The zero-order valence-electron chi connectivity index (χ0n) is 10.1. The third-order valence-corrected chi connectivity index (χ3v) is 3.24. The van der Waals surface area contributed by atoms with Gasteiger partial charge in [-0.15, -0.1) is 12.6 Å². The van der Waals surface area contributed by atoms with Crippen LogP contribution in [0.4, 0.5) is 0 Å². The summed E-state index contributed by atoms with van der Waals surface area (Å²) < 4.78 is 5.52. The van der Waals surface area contributed by atoms with Crippen LogP contribution in [0, 0.1) is 0 Å². The summed E-state index contributed by atoms with van der Waals surface area (Å²) in [5.74, 6) is 0.0588. The Kier molecular flexibility index (Phi) is 3.74. The van der Waals surface area contributed by atoms with Crippen molar-refractivity contribution in [2.75, 3.05) is 13.2 Å². The van der Waals surface area contributed by atoms with E-state index in [1.54, 1.807) is 6.07 Å². The van der Waals surface area contributed by atoms with E-state index in [1.807, 2.05) is 36.9 Å². The molecule has 0 N–H and O–H groups in total. The average Bonchev–Trinajstić information content (AvgIpc) is 2.31. The van der Waals surface area contributed by atoms with Gasteiger partial charge in [0.05, 0.1) is 18.8 Å². The number of amides is 1. The fourth-order valence-electron chi connectivity index (χ4n) is 1.99. The molecule has 1 aliphatic rings. The van der Waals surface area contributed by atoms with E-state index < -0.39 is 0 Å². The lowest BCUT2D eigenvalue weighted by Crippen LogP contribution is -2.50. The Balaban J connectivity index is 2.18. The highest BCUT2D eigenvalue weighted by Gasteiger charge is 2.28. The van der Waals surface area contributed by atoms with Crippen LogP contribution in [0.15, 0.2) is 29.2 Å². The van der Waals surface area contributed by atoms with Crippen molar-refractivity contribution >= 4 is 18.5 Å². The van der Waals surface area contributed by atoms with Crippen molar-refractivity contribution in [1.29, 1.82) is 0 Å². The largest absolute Gasteiger partial charge is 0.375 e. The van der Waals surface area contributed by atoms with Crippen molar-refractivity contribution in [3.8, 4) is 0 Å². The summed E-state index contributed by atoms with van der Waals surface area (Å²) in [7, 11) is 0. The van der Waals surface area contributed by atoms with Gasteiger partial charge in [0.25, 0.3) is 5.91 Å². The van der Waals surface area contributed by atoms with Gasteiger partial charge in [0.15, 0.2) is 0 Å². The van der Waals surface area contributed by atoms with E-state index in [9.17, 15) is 4.79 Å². The van der Waals surface area contributed by atoms with Gasteiger partial charge in [0.2, 0.25) is 0 Å². The van der Waals surface area contributed by atoms with Gasteiger partial charge in [-0.3, -0.25) is 4.79 Å². The molecule has 0 bridgehead atoms. The van der Waals surface area contributed by atoms with Gasteiger partial charge < -0.3 is 9.64 Å². The summed E-state index contributed by atoms with van der Waals surface area (Å²) in [5.41, 5.74) is 0.693. The predicted molar refractivity (Wildman–Crippen MR) is 69.6 cm³/mol. The molecule has 1 saturated heterocycles. The van der Waals surface area contributed by atoms with Gasteiger partial charge in [0.1, 0.15) is 0 Å². The molecule has 1 aromatic carbocycles. The highest BCUT2D eigenvalue weighted by molar-refractivity contribution is 7.80. The Morgan fingerprint density at radius 2 is 2.24 bits per heavy atom. The summed E-state index contributed by atoms with van der Waals surface area (Å²) in [5, 5.41) is 0. The molecule has 2 rings (SSSR count). The van der Waals surface area contributed by atoms with Crippen molar-refractivity contribution in [2.24, 2.45) is 0 Å². The molecule has 4 heteroatoms. The second-order valence-electron chi connectivity index (χ2n) is 4.50. The molecular formula is C13H17NO2S. The van der Waals surface area contributed by atoms with E-state index in [0.29, 0.717) is 18.7 Å². The van der Waals surface area contributed by atoms with Crippen LogP contribution >= 0.6 is 12.6 Å². The summed E-state index contributed by atoms with van der Waals surface area (Å²) >= 11 is 4.26. The van der Waals surface area contributed by atoms with Crippen molar-refractivity contribution in [3.05, 3.63) is 29.8 Å². The summed E-state index contributed by atoms with van der Waals surface area (Å²) in [6.45, 7) is 5.25. The van der Waals surface area contributed by atoms with E-state index in [4.69, 9.17) is 4.74 Å². The molecule has 1 aromatic rings. The van der Waals surface area contributed by atoms with E-state index in [1.165, 1.54) is 0 Å². The number of thiol groups is 1. The molecule has 1 aliphatic heterocycles. The first kappa shape index (κ1) is 12.5. The van der Waals surface area contributed by atoms with E-state index in [2.05, 4.69) is 12.6 Å². The first-order valence-corrected chi connectivity index (χ1v) is 6.24. The maximum absolute atomic E-state index is 12.3. The number of carbonyl (C=O) groups is 1. The lowest BCUT2D eigenvalue weighted by Gasteiger charge is -2.36. The average molecular weight is 251 g/mol. The van der Waals surface area contributed by atoms with E-state index >= 15 is 0 Å². The monoisotopic (exact) mass is 251 g/mol. The molecule has 0 aliphatic carbocycles.